The molecule has 1 fully saturated rings. The molecule has 4 atom stereocenters. The third-order valence-electron chi connectivity index (χ3n) is 4.62. The molecule has 3 rings (SSSR count). The van der Waals surface area contributed by atoms with E-state index in [0.717, 1.165) is 17.5 Å². The number of nitrogens with one attached hydrogen (secondary N) is 1. The Hall–Kier alpha value is -0.510. The number of fused-ring (bicyclic) bond motifs is 1. The molecular weight excluding hydrogens is 565 g/mol. The van der Waals surface area contributed by atoms with Crippen LogP contribution in [0.25, 0.3) is 11.2 Å². The van der Waals surface area contributed by atoms with Crippen LogP contribution >= 0.6 is 52.1 Å². The molecule has 2 aromatic rings. The first-order valence-corrected chi connectivity index (χ1v) is 15.5. The number of thioether (sulfide) groups is 2. The number of imidazole rings is 1. The van der Waals surface area contributed by atoms with Crippen molar-refractivity contribution < 1.29 is 37.2 Å². The lowest BCUT2D eigenvalue weighted by molar-refractivity contribution is -0.129. The van der Waals surface area contributed by atoms with Gasteiger partial charge in [0, 0.05) is 18.1 Å². The van der Waals surface area contributed by atoms with Gasteiger partial charge in [-0.3, -0.25) is 9.13 Å². The zero-order valence-corrected chi connectivity index (χ0v) is 21.5. The maximum Gasteiger partial charge on any atom is 0.389 e. The first-order valence-electron chi connectivity index (χ1n) is 9.72. The van der Waals surface area contributed by atoms with Crippen molar-refractivity contribution in [2.24, 2.45) is 0 Å². The summed E-state index contributed by atoms with van der Waals surface area (Å²) in [7, 11) is 0. The van der Waals surface area contributed by atoms with Gasteiger partial charge in [-0.2, -0.15) is 24.9 Å². The maximum atomic E-state index is 12.6. The number of aliphatic hydroxyl groups excluding tert-OH is 2. The minimum atomic E-state index is -4.32. The zero-order valence-electron chi connectivity index (χ0n) is 17.5. The fourth-order valence-electron chi connectivity index (χ4n) is 3.06. The van der Waals surface area contributed by atoms with Crippen molar-refractivity contribution in [3.63, 3.8) is 0 Å². The standard InChI is InChI=1S/C16H21Cl2F3N5O5PS2/c1-33-5-3-22-12-9-13(25-15(24-12)34-4-2-16(19,20)21)26(7-23-9)14-11(28)10(27)8(31-14)6-30-32(17,18)29/h7-8,10-11,14,27-28H,2-6H2,1H3,(H,22,24,25)/t8-,10?,11+,14-/m1/s1. The molecule has 0 amide bonds. The Balaban J connectivity index is 1.89. The van der Waals surface area contributed by atoms with Gasteiger partial charge >= 0.3 is 12.3 Å². The van der Waals surface area contributed by atoms with Crippen LogP contribution in [0, 0.1) is 0 Å². The number of hydrogen-bond donors (Lipinski definition) is 3. The summed E-state index contributed by atoms with van der Waals surface area (Å²) in [6.07, 6.45) is -11.2. The molecule has 0 aromatic carbocycles. The molecule has 0 aliphatic carbocycles. The first-order chi connectivity index (χ1) is 15.9. The van der Waals surface area contributed by atoms with Crippen LogP contribution in [0.1, 0.15) is 12.6 Å². The lowest BCUT2D eigenvalue weighted by Crippen LogP contribution is -2.33. The predicted octanol–water partition coefficient (Wildman–Crippen LogP) is 3.87. The van der Waals surface area contributed by atoms with Crippen LogP contribution in [0.2, 0.25) is 0 Å². The molecule has 1 aliphatic heterocycles. The quantitative estimate of drug-likeness (QED) is 0.154. The minimum Gasteiger partial charge on any atom is -0.387 e. The van der Waals surface area contributed by atoms with Crippen LogP contribution in [0.5, 0.6) is 0 Å². The lowest BCUT2D eigenvalue weighted by atomic mass is 10.1. The Kier molecular flexibility index (Phi) is 9.65. The smallest absolute Gasteiger partial charge is 0.387 e. The van der Waals surface area contributed by atoms with Gasteiger partial charge in [0.25, 0.3) is 0 Å². The van der Waals surface area contributed by atoms with E-state index in [2.05, 4.69) is 20.3 Å². The first kappa shape index (κ1) is 28.1. The second-order valence-corrected chi connectivity index (χ2v) is 13.4. The highest BCUT2D eigenvalue weighted by Gasteiger charge is 2.45. The average molecular weight is 586 g/mol. The normalized spacial score (nSPS) is 23.6. The molecule has 3 heterocycles. The molecule has 0 spiro atoms. The number of rotatable bonds is 11. The van der Waals surface area contributed by atoms with E-state index in [1.54, 1.807) is 11.8 Å². The number of anilines is 1. The van der Waals surface area contributed by atoms with Gasteiger partial charge in [0.2, 0.25) is 0 Å². The molecule has 192 valence electrons. The van der Waals surface area contributed by atoms with Gasteiger partial charge in [-0.25, -0.2) is 15.0 Å². The van der Waals surface area contributed by atoms with Crippen LogP contribution in [0.4, 0.5) is 19.0 Å². The van der Waals surface area contributed by atoms with Gasteiger partial charge in [-0.05, 0) is 28.7 Å². The van der Waals surface area contributed by atoms with Crippen molar-refractivity contribution in [3.8, 4) is 0 Å². The van der Waals surface area contributed by atoms with Crippen LogP contribution < -0.4 is 5.32 Å². The largest absolute Gasteiger partial charge is 0.389 e. The van der Waals surface area contributed by atoms with E-state index >= 15 is 0 Å². The zero-order chi connectivity index (χ0) is 25.1. The molecule has 34 heavy (non-hydrogen) atoms. The predicted molar refractivity (Wildman–Crippen MR) is 125 cm³/mol. The maximum absolute atomic E-state index is 12.6. The van der Waals surface area contributed by atoms with Crippen molar-refractivity contribution in [2.75, 3.05) is 36.2 Å². The molecule has 1 unspecified atom stereocenters. The number of aliphatic hydroxyl groups is 2. The third-order valence-corrected chi connectivity index (χ3v) is 7.11. The number of aromatic nitrogens is 4. The Morgan fingerprint density at radius 2 is 2.03 bits per heavy atom. The number of ether oxygens (including phenoxy) is 1. The molecular formula is C16H21Cl2F3N5O5PS2. The van der Waals surface area contributed by atoms with E-state index in [-0.39, 0.29) is 16.6 Å². The second kappa shape index (κ2) is 11.7. The lowest BCUT2D eigenvalue weighted by Gasteiger charge is -2.17. The number of nitrogens with zero attached hydrogens (tertiary/aromatic N) is 4. The Bertz CT molecular complexity index is 1030. The molecule has 10 nitrogen and oxygen atoms in total. The van der Waals surface area contributed by atoms with Crippen LogP contribution in [0.15, 0.2) is 11.5 Å². The summed E-state index contributed by atoms with van der Waals surface area (Å²) < 4.78 is 60.9. The van der Waals surface area contributed by atoms with Crippen molar-refractivity contribution in [1.82, 2.24) is 19.5 Å². The van der Waals surface area contributed by atoms with Crippen LogP contribution in [0.3, 0.4) is 0 Å². The summed E-state index contributed by atoms with van der Waals surface area (Å²) in [5, 5.41) is 24.0. The van der Waals surface area contributed by atoms with Crippen molar-refractivity contribution >= 4 is 69.1 Å². The summed E-state index contributed by atoms with van der Waals surface area (Å²) >= 11 is 13.1. The molecule has 3 N–H and O–H groups in total. The third kappa shape index (κ3) is 7.50. The van der Waals surface area contributed by atoms with E-state index in [1.807, 2.05) is 6.26 Å². The highest BCUT2D eigenvalue weighted by molar-refractivity contribution is 8.05. The highest BCUT2D eigenvalue weighted by Crippen LogP contribution is 2.57. The highest BCUT2D eigenvalue weighted by atomic mass is 35.9. The number of hydrogen-bond acceptors (Lipinski definition) is 11. The molecule has 18 heteroatoms. The summed E-state index contributed by atoms with van der Waals surface area (Å²) in [4.78, 5) is 12.9. The van der Waals surface area contributed by atoms with Gasteiger partial charge in [-0.1, -0.05) is 11.8 Å². The van der Waals surface area contributed by atoms with Crippen molar-refractivity contribution in [1.29, 1.82) is 0 Å². The van der Waals surface area contributed by atoms with Gasteiger partial charge in [-0.15, -0.1) is 0 Å². The fraction of sp³-hybridized carbons (Fsp3) is 0.688. The van der Waals surface area contributed by atoms with E-state index < -0.39 is 49.8 Å². The number of alkyl halides is 3. The van der Waals surface area contributed by atoms with E-state index in [9.17, 15) is 27.9 Å². The van der Waals surface area contributed by atoms with Gasteiger partial charge in [0.05, 0.1) is 19.4 Å². The topological polar surface area (TPSA) is 132 Å². The SMILES string of the molecule is CSCCNc1nc(SCCC(F)(F)F)nc2c1ncn2[C@@H]1O[C@H](COP(=O)(Cl)Cl)C(O)[C@@H]1O. The van der Waals surface area contributed by atoms with Gasteiger partial charge in [0.1, 0.15) is 18.3 Å². The van der Waals surface area contributed by atoms with E-state index in [4.69, 9.17) is 31.7 Å². The molecule has 0 saturated carbocycles. The van der Waals surface area contributed by atoms with E-state index in [1.165, 1.54) is 10.9 Å². The Morgan fingerprint density at radius 1 is 1.29 bits per heavy atom. The van der Waals surface area contributed by atoms with Crippen molar-refractivity contribution in [2.45, 2.75) is 42.3 Å². The van der Waals surface area contributed by atoms with E-state index in [0.29, 0.717) is 17.9 Å². The Labute approximate surface area is 210 Å². The monoisotopic (exact) mass is 585 g/mol. The molecule has 0 radical (unpaired) electrons. The molecule has 1 aliphatic rings. The van der Waals surface area contributed by atoms with Crippen molar-refractivity contribution in [3.05, 3.63) is 6.33 Å². The summed E-state index contributed by atoms with van der Waals surface area (Å²) in [6, 6.07) is 0. The van der Waals surface area contributed by atoms with Crippen LogP contribution in [-0.4, -0.2) is 85.1 Å². The summed E-state index contributed by atoms with van der Waals surface area (Å²) in [6.45, 7) is 0.0606. The summed E-state index contributed by atoms with van der Waals surface area (Å²) in [5.74, 6) is 0.766. The summed E-state index contributed by atoms with van der Waals surface area (Å²) in [5.41, 5.74) is 0.478. The molecule has 2 aromatic heterocycles. The van der Waals surface area contributed by atoms with Gasteiger partial charge in [0.15, 0.2) is 28.4 Å². The minimum absolute atomic E-state index is 0.0725. The van der Waals surface area contributed by atoms with Gasteiger partial charge < -0.3 is 24.8 Å². The Morgan fingerprint density at radius 3 is 2.68 bits per heavy atom. The second-order valence-electron chi connectivity index (χ2n) is 7.07. The average Bonchev–Trinajstić information content (AvgIpc) is 3.27. The molecule has 0 bridgehead atoms. The number of halogens is 5. The fourth-order valence-corrected chi connectivity index (χ4v) is 4.84. The molecule has 1 saturated heterocycles. The van der Waals surface area contributed by atoms with Crippen LogP contribution in [-0.2, 0) is 13.8 Å².